The molecule has 0 spiro atoms. The molecule has 2 aromatic heterocycles. The van der Waals surface area contributed by atoms with Crippen LogP contribution < -0.4 is 0 Å². The van der Waals surface area contributed by atoms with Gasteiger partial charge in [0.05, 0.1) is 6.42 Å². The Balaban J connectivity index is 1.80. The van der Waals surface area contributed by atoms with E-state index in [4.69, 9.17) is 4.52 Å². The predicted octanol–water partition coefficient (Wildman–Crippen LogP) is 2.44. The number of hydrogen-bond acceptors (Lipinski definition) is 5. The summed E-state index contributed by atoms with van der Waals surface area (Å²) < 4.78 is 7.18. The summed E-state index contributed by atoms with van der Waals surface area (Å²) >= 11 is 0. The highest BCUT2D eigenvalue weighted by molar-refractivity contribution is 5.32. The monoisotopic (exact) mass is 283 g/mol. The molecule has 108 valence electrons. The third-order valence-electron chi connectivity index (χ3n) is 3.06. The van der Waals surface area contributed by atoms with Crippen LogP contribution in [0.2, 0.25) is 0 Å². The van der Waals surface area contributed by atoms with Crippen molar-refractivity contribution >= 4 is 0 Å². The lowest BCUT2D eigenvalue weighted by atomic mass is 10.1. The van der Waals surface area contributed by atoms with Crippen molar-refractivity contribution in [1.29, 1.82) is 0 Å². The summed E-state index contributed by atoms with van der Waals surface area (Å²) in [6.07, 6.45) is 2.98. The first kappa shape index (κ1) is 13.5. The minimum absolute atomic E-state index is 0.492. The number of para-hydroxylation sites is 1. The quantitative estimate of drug-likeness (QED) is 0.719. The van der Waals surface area contributed by atoms with E-state index in [1.54, 1.807) is 6.33 Å². The van der Waals surface area contributed by atoms with Gasteiger partial charge in [0, 0.05) is 12.1 Å². The Morgan fingerprint density at radius 2 is 2.00 bits per heavy atom. The third kappa shape index (κ3) is 3.16. The van der Waals surface area contributed by atoms with Crippen molar-refractivity contribution in [2.45, 2.75) is 26.7 Å². The van der Waals surface area contributed by atoms with Gasteiger partial charge in [-0.1, -0.05) is 37.2 Å². The van der Waals surface area contributed by atoms with Crippen molar-refractivity contribution in [1.82, 2.24) is 24.9 Å². The van der Waals surface area contributed by atoms with Crippen LogP contribution in [-0.2, 0) is 12.8 Å². The van der Waals surface area contributed by atoms with Crippen LogP contribution in [0.3, 0.4) is 0 Å². The first-order valence-corrected chi connectivity index (χ1v) is 6.98. The number of aromatic nitrogens is 5. The highest BCUT2D eigenvalue weighted by atomic mass is 16.5. The first-order valence-electron chi connectivity index (χ1n) is 6.98. The van der Waals surface area contributed by atoms with Crippen molar-refractivity contribution in [3.63, 3.8) is 0 Å². The molecule has 0 saturated carbocycles. The molecule has 1 aromatic carbocycles. The number of hydrogen-bond donors (Lipinski definition) is 0. The summed E-state index contributed by atoms with van der Waals surface area (Å²) in [6, 6.07) is 9.95. The van der Waals surface area contributed by atoms with Crippen LogP contribution in [0.15, 0.2) is 41.2 Å². The molecule has 0 radical (unpaired) electrons. The molecule has 0 unspecified atom stereocenters. The maximum atomic E-state index is 5.25. The van der Waals surface area contributed by atoms with Crippen LogP contribution in [0.1, 0.15) is 31.4 Å². The maximum absolute atomic E-state index is 5.25. The summed E-state index contributed by atoms with van der Waals surface area (Å²) in [7, 11) is 0. The van der Waals surface area contributed by atoms with E-state index in [1.165, 1.54) is 0 Å². The maximum Gasteiger partial charge on any atom is 0.226 e. The van der Waals surface area contributed by atoms with Gasteiger partial charge in [-0.3, -0.25) is 4.57 Å². The molecule has 0 aliphatic rings. The van der Waals surface area contributed by atoms with Crippen molar-refractivity contribution in [2.75, 3.05) is 0 Å². The molecule has 0 atom stereocenters. The summed E-state index contributed by atoms with van der Waals surface area (Å²) in [5.41, 5.74) is 1.02. The molecule has 0 fully saturated rings. The number of nitrogens with zero attached hydrogens (tertiary/aromatic N) is 5. The Labute approximate surface area is 122 Å². The van der Waals surface area contributed by atoms with Gasteiger partial charge >= 0.3 is 0 Å². The van der Waals surface area contributed by atoms with E-state index >= 15 is 0 Å². The van der Waals surface area contributed by atoms with Gasteiger partial charge in [-0.25, -0.2) is 0 Å². The molecule has 3 rings (SSSR count). The Morgan fingerprint density at radius 1 is 1.19 bits per heavy atom. The van der Waals surface area contributed by atoms with E-state index in [9.17, 15) is 0 Å². The Kier molecular flexibility index (Phi) is 3.77. The Hall–Kier alpha value is -2.50. The zero-order valence-electron chi connectivity index (χ0n) is 12.1. The van der Waals surface area contributed by atoms with E-state index in [2.05, 4.69) is 34.2 Å². The third-order valence-corrected chi connectivity index (χ3v) is 3.06. The summed E-state index contributed by atoms with van der Waals surface area (Å²) in [5, 5.41) is 12.1. The highest BCUT2D eigenvalue weighted by Crippen LogP contribution is 2.12. The van der Waals surface area contributed by atoms with Gasteiger partial charge in [0.2, 0.25) is 5.89 Å². The largest absolute Gasteiger partial charge is 0.339 e. The molecule has 6 heteroatoms. The molecule has 2 heterocycles. The zero-order chi connectivity index (χ0) is 14.7. The van der Waals surface area contributed by atoms with Gasteiger partial charge in [0.1, 0.15) is 12.2 Å². The standard InChI is InChI=1S/C15H17N5O/c1-11(2)8-15-17-13(19-21-15)9-14-18-16-10-20(14)12-6-4-3-5-7-12/h3-7,10-11H,8-9H2,1-2H3. The molecular formula is C15H17N5O. The van der Waals surface area contributed by atoms with Crippen LogP contribution in [0.25, 0.3) is 5.69 Å². The van der Waals surface area contributed by atoms with Crippen LogP contribution in [-0.4, -0.2) is 24.9 Å². The van der Waals surface area contributed by atoms with Crippen molar-refractivity contribution in [2.24, 2.45) is 5.92 Å². The van der Waals surface area contributed by atoms with E-state index in [0.717, 1.165) is 17.9 Å². The van der Waals surface area contributed by atoms with E-state index in [-0.39, 0.29) is 0 Å². The van der Waals surface area contributed by atoms with Crippen LogP contribution in [0, 0.1) is 5.92 Å². The second-order valence-electron chi connectivity index (χ2n) is 5.33. The highest BCUT2D eigenvalue weighted by Gasteiger charge is 2.13. The lowest BCUT2D eigenvalue weighted by molar-refractivity contribution is 0.359. The van der Waals surface area contributed by atoms with Crippen molar-refractivity contribution in [3.8, 4) is 5.69 Å². The lowest BCUT2D eigenvalue weighted by Gasteiger charge is -2.04. The van der Waals surface area contributed by atoms with Gasteiger partial charge in [0.15, 0.2) is 5.82 Å². The number of rotatable bonds is 5. The number of benzene rings is 1. The van der Waals surface area contributed by atoms with E-state index in [0.29, 0.717) is 24.1 Å². The van der Waals surface area contributed by atoms with Gasteiger partial charge in [0.25, 0.3) is 0 Å². The summed E-state index contributed by atoms with van der Waals surface area (Å²) in [6.45, 7) is 4.24. The summed E-state index contributed by atoms with van der Waals surface area (Å²) in [5.74, 6) is 2.59. The fraction of sp³-hybridized carbons (Fsp3) is 0.333. The molecule has 0 N–H and O–H groups in total. The van der Waals surface area contributed by atoms with Crippen LogP contribution in [0.4, 0.5) is 0 Å². The SMILES string of the molecule is CC(C)Cc1nc(Cc2nncn2-c2ccccc2)no1. The molecule has 0 aliphatic heterocycles. The van der Waals surface area contributed by atoms with Gasteiger partial charge in [-0.2, -0.15) is 4.98 Å². The minimum Gasteiger partial charge on any atom is -0.339 e. The van der Waals surface area contributed by atoms with Gasteiger partial charge in [-0.15, -0.1) is 10.2 Å². The normalized spacial score (nSPS) is 11.2. The molecule has 0 aliphatic carbocycles. The molecule has 0 amide bonds. The molecule has 0 saturated heterocycles. The average molecular weight is 283 g/mol. The lowest BCUT2D eigenvalue weighted by Crippen LogP contribution is -2.03. The second-order valence-corrected chi connectivity index (χ2v) is 5.33. The van der Waals surface area contributed by atoms with Crippen LogP contribution >= 0.6 is 0 Å². The average Bonchev–Trinajstić information content (AvgIpc) is 3.09. The fourth-order valence-corrected chi connectivity index (χ4v) is 2.12. The smallest absolute Gasteiger partial charge is 0.226 e. The van der Waals surface area contributed by atoms with Gasteiger partial charge < -0.3 is 4.52 Å². The molecule has 6 nitrogen and oxygen atoms in total. The molecular weight excluding hydrogens is 266 g/mol. The molecule has 21 heavy (non-hydrogen) atoms. The molecule has 3 aromatic rings. The molecule has 0 bridgehead atoms. The van der Waals surface area contributed by atoms with Crippen LogP contribution in [0.5, 0.6) is 0 Å². The van der Waals surface area contributed by atoms with Crippen molar-refractivity contribution in [3.05, 3.63) is 54.2 Å². The Bertz CT molecular complexity index is 702. The Morgan fingerprint density at radius 3 is 2.76 bits per heavy atom. The second kappa shape index (κ2) is 5.87. The van der Waals surface area contributed by atoms with Crippen molar-refractivity contribution < 1.29 is 4.52 Å². The first-order chi connectivity index (χ1) is 10.2. The minimum atomic E-state index is 0.492. The predicted molar refractivity (Wildman–Crippen MR) is 77.0 cm³/mol. The zero-order valence-corrected chi connectivity index (χ0v) is 12.1. The van der Waals surface area contributed by atoms with Gasteiger partial charge in [-0.05, 0) is 18.1 Å². The van der Waals surface area contributed by atoms with E-state index < -0.39 is 0 Å². The van der Waals surface area contributed by atoms with E-state index in [1.807, 2.05) is 34.9 Å². The fourth-order valence-electron chi connectivity index (χ4n) is 2.12. The topological polar surface area (TPSA) is 69.6 Å². The summed E-state index contributed by atoms with van der Waals surface area (Å²) in [4.78, 5) is 4.40.